The van der Waals surface area contributed by atoms with E-state index in [2.05, 4.69) is 5.32 Å². The molecule has 3 aliphatic heterocycles. The summed E-state index contributed by atoms with van der Waals surface area (Å²) in [5.74, 6) is -2.52. The van der Waals surface area contributed by atoms with Crippen LogP contribution in [-0.2, 0) is 10.2 Å². The molecule has 1 spiro atoms. The van der Waals surface area contributed by atoms with E-state index in [-0.39, 0.29) is 17.0 Å². The highest BCUT2D eigenvalue weighted by Crippen LogP contribution is 2.58. The Labute approximate surface area is 251 Å². The van der Waals surface area contributed by atoms with Crippen molar-refractivity contribution in [1.29, 1.82) is 0 Å². The highest BCUT2D eigenvalue weighted by molar-refractivity contribution is 6.30. The summed E-state index contributed by atoms with van der Waals surface area (Å²) in [6, 6.07) is 24.9. The number of amides is 1. The van der Waals surface area contributed by atoms with Crippen LogP contribution in [0.1, 0.15) is 38.8 Å². The van der Waals surface area contributed by atoms with Gasteiger partial charge in [-0.25, -0.2) is 0 Å². The number of nitrogens with one attached hydrogen (secondary N) is 1. The number of rotatable bonds is 5. The fourth-order valence-electron chi connectivity index (χ4n) is 7.12. The van der Waals surface area contributed by atoms with Gasteiger partial charge in [0.2, 0.25) is 5.91 Å². The van der Waals surface area contributed by atoms with Crippen molar-refractivity contribution < 1.29 is 19.3 Å². The van der Waals surface area contributed by atoms with Gasteiger partial charge in [0.05, 0.1) is 16.9 Å². The Morgan fingerprint density at radius 3 is 2.40 bits per heavy atom. The van der Waals surface area contributed by atoms with Gasteiger partial charge in [-0.05, 0) is 54.5 Å². The van der Waals surface area contributed by atoms with Crippen molar-refractivity contribution in [2.24, 2.45) is 5.92 Å². The number of halogens is 1. The van der Waals surface area contributed by atoms with Crippen molar-refractivity contribution in [3.05, 3.63) is 141 Å². The second-order valence-corrected chi connectivity index (χ2v) is 11.5. The summed E-state index contributed by atoms with van der Waals surface area (Å²) in [4.78, 5) is 57.0. The van der Waals surface area contributed by atoms with Gasteiger partial charge in [0.15, 0.2) is 11.6 Å². The van der Waals surface area contributed by atoms with E-state index in [0.29, 0.717) is 21.8 Å². The van der Waals surface area contributed by atoms with E-state index in [1.165, 1.54) is 24.3 Å². The first-order chi connectivity index (χ1) is 20.7. The molecule has 3 heterocycles. The lowest BCUT2D eigenvalue weighted by molar-refractivity contribution is -0.384. The Morgan fingerprint density at radius 2 is 1.63 bits per heavy atom. The topological polar surface area (TPSA) is 110 Å². The maximum atomic E-state index is 14.9. The first-order valence-electron chi connectivity index (χ1n) is 13.8. The van der Waals surface area contributed by atoms with Gasteiger partial charge in [0.1, 0.15) is 11.5 Å². The molecule has 0 saturated carbocycles. The van der Waals surface area contributed by atoms with Gasteiger partial charge < -0.3 is 10.2 Å². The van der Waals surface area contributed by atoms with E-state index in [0.717, 1.165) is 16.8 Å². The van der Waals surface area contributed by atoms with Crippen LogP contribution in [0.25, 0.3) is 5.57 Å². The number of anilines is 2. The van der Waals surface area contributed by atoms with Gasteiger partial charge in [-0.1, -0.05) is 66.2 Å². The third-order valence-corrected chi connectivity index (χ3v) is 9.16. The number of hydrogen-bond donors (Lipinski definition) is 1. The summed E-state index contributed by atoms with van der Waals surface area (Å²) in [7, 11) is 0. The molecule has 1 N–H and O–H groups in total. The molecule has 1 saturated heterocycles. The monoisotopic (exact) mass is 589 g/mol. The minimum Gasteiger partial charge on any atom is -0.352 e. The van der Waals surface area contributed by atoms with Crippen LogP contribution in [0, 0.1) is 16.0 Å². The molecule has 7 rings (SSSR count). The van der Waals surface area contributed by atoms with Crippen molar-refractivity contribution in [2.75, 3.05) is 10.2 Å². The molecule has 1 fully saturated rings. The molecule has 4 aromatic rings. The van der Waals surface area contributed by atoms with Crippen LogP contribution in [0.5, 0.6) is 0 Å². The first kappa shape index (κ1) is 26.8. The molecule has 0 radical (unpaired) electrons. The Bertz CT molecular complexity index is 1900. The molecule has 1 amide bonds. The summed E-state index contributed by atoms with van der Waals surface area (Å²) in [5, 5.41) is 15.1. The average molecular weight is 590 g/mol. The van der Waals surface area contributed by atoms with Gasteiger partial charge in [-0.3, -0.25) is 24.5 Å². The zero-order valence-corrected chi connectivity index (χ0v) is 23.6. The molecule has 43 heavy (non-hydrogen) atoms. The van der Waals surface area contributed by atoms with Crippen molar-refractivity contribution in [3.8, 4) is 0 Å². The second kappa shape index (κ2) is 9.74. The predicted molar refractivity (Wildman–Crippen MR) is 164 cm³/mol. The van der Waals surface area contributed by atoms with Gasteiger partial charge in [-0.15, -0.1) is 0 Å². The molecule has 0 unspecified atom stereocenters. The highest BCUT2D eigenvalue weighted by Gasteiger charge is 2.70. The maximum Gasteiger partial charge on any atom is 0.270 e. The number of fused-ring (bicyclic) bond motifs is 6. The standard InChI is InChI=1S/C34H24ClN3O5/c1-19-17-28-34(25-10-3-4-11-26(25)36-33(34)41)29(31(39)21-7-6-8-23(18-21)38(42)43)30(32(40)20-13-15-22(35)16-14-20)37(28)27-12-5-2-9-24(19)27/h2-18,28-30H,1H3,(H,36,41)/t28-,29+,30-,34+/m0/s1. The summed E-state index contributed by atoms with van der Waals surface area (Å²) in [6.45, 7) is 1.95. The number of Topliss-reactive ketones (excluding diaryl/α,β-unsaturated/α-hetero) is 2. The summed E-state index contributed by atoms with van der Waals surface area (Å²) >= 11 is 6.15. The number of nitro benzene ring substituents is 1. The fraction of sp³-hybridized carbons (Fsp3) is 0.147. The molecule has 9 heteroatoms. The molecule has 0 aliphatic carbocycles. The lowest BCUT2D eigenvalue weighted by Crippen LogP contribution is -2.51. The lowest BCUT2D eigenvalue weighted by Gasteiger charge is -2.39. The van der Waals surface area contributed by atoms with Crippen molar-refractivity contribution >= 4 is 51.7 Å². The van der Waals surface area contributed by atoms with Crippen LogP contribution >= 0.6 is 11.6 Å². The number of nitrogens with zero attached hydrogens (tertiary/aromatic N) is 2. The van der Waals surface area contributed by atoms with Crippen LogP contribution in [0.2, 0.25) is 5.02 Å². The third kappa shape index (κ3) is 3.79. The lowest BCUT2D eigenvalue weighted by atomic mass is 9.64. The maximum absolute atomic E-state index is 14.9. The first-order valence-corrected chi connectivity index (χ1v) is 14.2. The van der Waals surface area contributed by atoms with Gasteiger partial charge in [-0.2, -0.15) is 0 Å². The van der Waals surface area contributed by atoms with Crippen molar-refractivity contribution in [2.45, 2.75) is 24.4 Å². The molecule has 4 atom stereocenters. The number of carbonyl (C=O) groups excluding carboxylic acids is 3. The minimum atomic E-state index is -1.51. The van der Waals surface area contributed by atoms with Gasteiger partial charge in [0, 0.05) is 45.2 Å². The number of non-ortho nitro benzene ring substituents is 1. The number of carbonyl (C=O) groups is 3. The van der Waals surface area contributed by atoms with E-state index in [9.17, 15) is 24.5 Å². The van der Waals surface area contributed by atoms with Crippen molar-refractivity contribution in [3.63, 3.8) is 0 Å². The van der Waals surface area contributed by atoms with E-state index in [1.807, 2.05) is 54.3 Å². The number of allylic oxidation sites excluding steroid dienone is 1. The molecular formula is C34H24ClN3O5. The summed E-state index contributed by atoms with van der Waals surface area (Å²) < 4.78 is 0. The SMILES string of the molecule is CC1=C[C@@H]2N(c3ccccc31)[C@H](C(=O)c1ccc(Cl)cc1)[C@H](C(=O)c1cccc([N+](=O)[O-])c1)[C@]21C(=O)Nc2ccccc21. The third-order valence-electron chi connectivity index (χ3n) is 8.91. The molecule has 8 nitrogen and oxygen atoms in total. The predicted octanol–water partition coefficient (Wildman–Crippen LogP) is 6.49. The second-order valence-electron chi connectivity index (χ2n) is 11.1. The summed E-state index contributed by atoms with van der Waals surface area (Å²) in [5.41, 5.74) is 2.31. The van der Waals surface area contributed by atoms with E-state index < -0.39 is 40.0 Å². The Morgan fingerprint density at radius 1 is 0.907 bits per heavy atom. The molecular weight excluding hydrogens is 566 g/mol. The number of hydrogen-bond acceptors (Lipinski definition) is 6. The minimum absolute atomic E-state index is 0.0542. The van der Waals surface area contributed by atoms with E-state index >= 15 is 0 Å². The van der Waals surface area contributed by atoms with Crippen LogP contribution in [0.4, 0.5) is 17.1 Å². The Balaban J connectivity index is 1.55. The largest absolute Gasteiger partial charge is 0.352 e. The highest BCUT2D eigenvalue weighted by atomic mass is 35.5. The van der Waals surface area contributed by atoms with Crippen LogP contribution < -0.4 is 10.2 Å². The number of para-hydroxylation sites is 2. The number of benzene rings is 4. The quantitative estimate of drug-likeness (QED) is 0.162. The summed E-state index contributed by atoms with van der Waals surface area (Å²) in [6.07, 6.45) is 1.97. The molecule has 0 aromatic heterocycles. The smallest absolute Gasteiger partial charge is 0.270 e. The molecule has 212 valence electrons. The number of nitro groups is 1. The van der Waals surface area contributed by atoms with E-state index in [4.69, 9.17) is 11.6 Å². The van der Waals surface area contributed by atoms with Crippen LogP contribution in [0.3, 0.4) is 0 Å². The average Bonchev–Trinajstić information content (AvgIpc) is 3.49. The van der Waals surface area contributed by atoms with Crippen LogP contribution in [-0.4, -0.2) is 34.5 Å². The number of ketones is 2. The zero-order chi connectivity index (χ0) is 30.0. The Kier molecular flexibility index (Phi) is 6.07. The van der Waals surface area contributed by atoms with Gasteiger partial charge in [0.25, 0.3) is 5.69 Å². The van der Waals surface area contributed by atoms with Crippen LogP contribution in [0.15, 0.2) is 103 Å². The fourth-order valence-corrected chi connectivity index (χ4v) is 7.25. The molecule has 0 bridgehead atoms. The normalized spacial score (nSPS) is 23.2. The Hall–Kier alpha value is -5.08. The van der Waals surface area contributed by atoms with Crippen molar-refractivity contribution in [1.82, 2.24) is 0 Å². The molecule has 3 aliphatic rings. The zero-order valence-electron chi connectivity index (χ0n) is 22.9. The molecule has 4 aromatic carbocycles. The van der Waals surface area contributed by atoms with E-state index in [1.54, 1.807) is 36.4 Å². The van der Waals surface area contributed by atoms with Gasteiger partial charge >= 0.3 is 0 Å².